The number of amides is 2. The highest BCUT2D eigenvalue weighted by atomic mass is 32.1. The zero-order valence-corrected chi connectivity index (χ0v) is 20.1. The van der Waals surface area contributed by atoms with E-state index in [4.69, 9.17) is 9.47 Å². The van der Waals surface area contributed by atoms with Gasteiger partial charge in [0.05, 0.1) is 25.3 Å². The van der Waals surface area contributed by atoms with Gasteiger partial charge in [0.2, 0.25) is 5.91 Å². The normalized spacial score (nSPS) is 17.4. The minimum atomic E-state index is -0.196. The summed E-state index contributed by atoms with van der Waals surface area (Å²) >= 11 is 1.50. The number of thiazole rings is 1. The highest BCUT2D eigenvalue weighted by Crippen LogP contribution is 2.30. The van der Waals surface area contributed by atoms with Crippen molar-refractivity contribution in [2.24, 2.45) is 0 Å². The van der Waals surface area contributed by atoms with Gasteiger partial charge >= 0.3 is 0 Å². The summed E-state index contributed by atoms with van der Waals surface area (Å²) in [6.45, 7) is 3.82. The molecule has 0 spiro atoms. The molecular weight excluding hydrogens is 456 g/mol. The van der Waals surface area contributed by atoms with Crippen molar-refractivity contribution in [1.82, 2.24) is 20.3 Å². The molecule has 0 radical (unpaired) electrons. The number of methoxy groups -OCH3 is 1. The summed E-state index contributed by atoms with van der Waals surface area (Å²) in [7, 11) is 1.58. The number of nitrogens with zero attached hydrogens (tertiary/aromatic N) is 3. The average Bonchev–Trinajstić information content (AvgIpc) is 3.38. The van der Waals surface area contributed by atoms with Crippen molar-refractivity contribution >= 4 is 28.9 Å². The molecule has 0 atom stereocenters. The first kappa shape index (κ1) is 24.3. The number of piperidine rings is 1. The number of morpholine rings is 1. The van der Waals surface area contributed by atoms with E-state index in [0.717, 1.165) is 17.8 Å². The largest absolute Gasteiger partial charge is 0.497 e. The standard InChI is InChI=1S/C24H30N4O5S/c1-32-19-4-2-17(3-5-19)21(29)6-7-22(30)27-10-8-18(9-11-27)24-25-20(16-34-24)23(31)26-28-12-14-33-15-13-28/h2-5,16,18H,6-15H2,1H3,(H,26,31). The minimum absolute atomic E-state index is 0.00466. The van der Waals surface area contributed by atoms with Crippen molar-refractivity contribution in [2.75, 3.05) is 46.5 Å². The zero-order chi connectivity index (χ0) is 23.9. The van der Waals surface area contributed by atoms with Crippen molar-refractivity contribution in [3.8, 4) is 5.75 Å². The van der Waals surface area contributed by atoms with Crippen LogP contribution in [0.3, 0.4) is 0 Å². The fraction of sp³-hybridized carbons (Fsp3) is 0.500. The summed E-state index contributed by atoms with van der Waals surface area (Å²) in [4.78, 5) is 43.9. The number of hydrogen-bond donors (Lipinski definition) is 1. The van der Waals surface area contributed by atoms with Gasteiger partial charge in [-0.1, -0.05) is 0 Å². The molecule has 182 valence electrons. The summed E-state index contributed by atoms with van der Waals surface area (Å²) in [5, 5.41) is 4.59. The fourth-order valence-electron chi connectivity index (χ4n) is 4.13. The van der Waals surface area contributed by atoms with Gasteiger partial charge in [0, 0.05) is 55.9 Å². The third-order valence-corrected chi connectivity index (χ3v) is 7.21. The van der Waals surface area contributed by atoms with Gasteiger partial charge in [0.15, 0.2) is 5.78 Å². The zero-order valence-electron chi connectivity index (χ0n) is 19.3. The molecule has 1 aromatic carbocycles. The Labute approximate surface area is 203 Å². The van der Waals surface area contributed by atoms with Crippen LogP contribution in [0.2, 0.25) is 0 Å². The first-order chi connectivity index (χ1) is 16.5. The number of likely N-dealkylation sites (tertiary alicyclic amines) is 1. The van der Waals surface area contributed by atoms with Gasteiger partial charge in [0.1, 0.15) is 11.4 Å². The Balaban J connectivity index is 1.21. The van der Waals surface area contributed by atoms with Crippen LogP contribution >= 0.6 is 11.3 Å². The van der Waals surface area contributed by atoms with Crippen molar-refractivity contribution < 1.29 is 23.9 Å². The molecule has 3 heterocycles. The molecule has 2 aliphatic heterocycles. The molecule has 2 fully saturated rings. The molecular formula is C24H30N4O5S. The SMILES string of the molecule is COc1ccc(C(=O)CCC(=O)N2CCC(c3nc(C(=O)NN4CCOCC4)cs3)CC2)cc1. The molecule has 0 saturated carbocycles. The smallest absolute Gasteiger partial charge is 0.285 e. The second kappa shape index (κ2) is 11.5. The van der Waals surface area contributed by atoms with E-state index in [1.807, 2.05) is 9.91 Å². The molecule has 2 amide bonds. The molecule has 0 unspecified atom stereocenters. The maximum absolute atomic E-state index is 12.6. The van der Waals surface area contributed by atoms with Crippen LogP contribution in [-0.4, -0.2) is 79.0 Å². The number of rotatable bonds is 8. The fourth-order valence-corrected chi connectivity index (χ4v) is 5.10. The Hall–Kier alpha value is -2.82. The molecule has 9 nitrogen and oxygen atoms in total. The van der Waals surface area contributed by atoms with Gasteiger partial charge in [-0.05, 0) is 37.1 Å². The lowest BCUT2D eigenvalue weighted by Crippen LogP contribution is -2.48. The summed E-state index contributed by atoms with van der Waals surface area (Å²) in [6, 6.07) is 6.94. The molecule has 2 aliphatic rings. The van der Waals surface area contributed by atoms with E-state index in [9.17, 15) is 14.4 Å². The third kappa shape index (κ3) is 6.19. The van der Waals surface area contributed by atoms with E-state index in [1.165, 1.54) is 11.3 Å². The number of ether oxygens (including phenoxy) is 2. The van der Waals surface area contributed by atoms with E-state index >= 15 is 0 Å². The number of nitrogens with one attached hydrogen (secondary N) is 1. The van der Waals surface area contributed by atoms with E-state index < -0.39 is 0 Å². The van der Waals surface area contributed by atoms with Crippen molar-refractivity contribution in [1.29, 1.82) is 0 Å². The molecule has 2 aromatic rings. The number of hydrogen-bond acceptors (Lipinski definition) is 8. The molecule has 1 aromatic heterocycles. The minimum Gasteiger partial charge on any atom is -0.497 e. The number of benzene rings is 1. The lowest BCUT2D eigenvalue weighted by Gasteiger charge is -2.31. The molecule has 34 heavy (non-hydrogen) atoms. The molecule has 10 heteroatoms. The van der Waals surface area contributed by atoms with E-state index in [2.05, 4.69) is 10.4 Å². The van der Waals surface area contributed by atoms with Crippen LogP contribution in [0.15, 0.2) is 29.6 Å². The van der Waals surface area contributed by atoms with E-state index in [1.54, 1.807) is 36.8 Å². The van der Waals surface area contributed by atoms with Gasteiger partial charge in [-0.25, -0.2) is 9.99 Å². The first-order valence-electron chi connectivity index (χ1n) is 11.6. The molecule has 4 rings (SSSR count). The molecule has 2 saturated heterocycles. The maximum atomic E-state index is 12.6. The van der Waals surface area contributed by atoms with Gasteiger partial charge in [-0.3, -0.25) is 19.8 Å². The summed E-state index contributed by atoms with van der Waals surface area (Å²) in [5.74, 6) is 0.695. The van der Waals surface area contributed by atoms with Crippen LogP contribution < -0.4 is 10.2 Å². The van der Waals surface area contributed by atoms with Crippen LogP contribution in [0.1, 0.15) is 57.5 Å². The second-order valence-electron chi connectivity index (χ2n) is 8.42. The van der Waals surface area contributed by atoms with Crippen molar-refractivity contribution in [2.45, 2.75) is 31.6 Å². The van der Waals surface area contributed by atoms with Crippen LogP contribution in [-0.2, 0) is 9.53 Å². The van der Waals surface area contributed by atoms with Gasteiger partial charge in [-0.2, -0.15) is 0 Å². The van der Waals surface area contributed by atoms with E-state index in [0.29, 0.717) is 56.4 Å². The summed E-state index contributed by atoms with van der Waals surface area (Å²) in [5.41, 5.74) is 3.91. The predicted octanol–water partition coefficient (Wildman–Crippen LogP) is 2.50. The number of ketones is 1. The number of Topliss-reactive ketones (excluding diaryl/α,β-unsaturated/α-hetero) is 1. The highest BCUT2D eigenvalue weighted by Gasteiger charge is 2.27. The topological polar surface area (TPSA) is 101 Å². The van der Waals surface area contributed by atoms with Crippen LogP contribution in [0.5, 0.6) is 5.75 Å². The quantitative estimate of drug-likeness (QED) is 0.572. The third-order valence-electron chi connectivity index (χ3n) is 6.20. The molecule has 1 N–H and O–H groups in total. The highest BCUT2D eigenvalue weighted by molar-refractivity contribution is 7.09. The summed E-state index contributed by atoms with van der Waals surface area (Å²) in [6.07, 6.45) is 2.00. The number of carbonyl (C=O) groups is 3. The Bertz CT molecular complexity index is 995. The van der Waals surface area contributed by atoms with Crippen LogP contribution in [0.25, 0.3) is 0 Å². The van der Waals surface area contributed by atoms with Crippen molar-refractivity contribution in [3.63, 3.8) is 0 Å². The van der Waals surface area contributed by atoms with Gasteiger partial charge < -0.3 is 14.4 Å². The first-order valence-corrected chi connectivity index (χ1v) is 12.5. The second-order valence-corrected chi connectivity index (χ2v) is 9.31. The number of hydrazine groups is 1. The average molecular weight is 487 g/mol. The van der Waals surface area contributed by atoms with Crippen LogP contribution in [0, 0.1) is 0 Å². The van der Waals surface area contributed by atoms with Gasteiger partial charge in [0.25, 0.3) is 5.91 Å². The molecule has 0 aliphatic carbocycles. The summed E-state index contributed by atoms with van der Waals surface area (Å²) < 4.78 is 10.4. The monoisotopic (exact) mass is 486 g/mol. The Kier molecular flexibility index (Phi) is 8.25. The lowest BCUT2D eigenvalue weighted by molar-refractivity contribution is -0.132. The Morgan fingerprint density at radius 2 is 1.79 bits per heavy atom. The van der Waals surface area contributed by atoms with Crippen LogP contribution in [0.4, 0.5) is 0 Å². The number of aromatic nitrogens is 1. The lowest BCUT2D eigenvalue weighted by atomic mass is 9.97. The number of carbonyl (C=O) groups excluding carboxylic acids is 3. The predicted molar refractivity (Wildman–Crippen MR) is 127 cm³/mol. The molecule has 0 bridgehead atoms. The van der Waals surface area contributed by atoms with E-state index in [-0.39, 0.29) is 36.4 Å². The van der Waals surface area contributed by atoms with Gasteiger partial charge in [-0.15, -0.1) is 11.3 Å². The van der Waals surface area contributed by atoms with Crippen molar-refractivity contribution in [3.05, 3.63) is 45.9 Å². The maximum Gasteiger partial charge on any atom is 0.285 e. The Morgan fingerprint density at radius 3 is 2.47 bits per heavy atom. The Morgan fingerprint density at radius 1 is 1.09 bits per heavy atom.